The average Bonchev–Trinajstić information content (AvgIpc) is 2.89. The van der Waals surface area contributed by atoms with Crippen LogP contribution in [0.25, 0.3) is 0 Å². The number of hydrogen-bond acceptors (Lipinski definition) is 3. The largest absolute Gasteiger partial charge is 0.389 e. The lowest BCUT2D eigenvalue weighted by Crippen LogP contribution is -2.25. The van der Waals surface area contributed by atoms with Gasteiger partial charge in [0.2, 0.25) is 0 Å². The van der Waals surface area contributed by atoms with Gasteiger partial charge in [-0.1, -0.05) is 32.0 Å². The fraction of sp³-hybridized carbons (Fsp3) is 0.400. The smallest absolute Gasteiger partial charge is 0.0907 e. The first-order chi connectivity index (χ1) is 9.16. The van der Waals surface area contributed by atoms with Crippen molar-refractivity contribution in [1.82, 2.24) is 9.78 Å². The molecule has 102 valence electrons. The van der Waals surface area contributed by atoms with Gasteiger partial charge in [-0.2, -0.15) is 5.10 Å². The highest BCUT2D eigenvalue weighted by Crippen LogP contribution is 2.23. The number of hydrogen-bond donors (Lipinski definition) is 2. The summed E-state index contributed by atoms with van der Waals surface area (Å²) in [5, 5.41) is 17.4. The van der Waals surface area contributed by atoms with Gasteiger partial charge in [-0.3, -0.25) is 4.68 Å². The molecular formula is C15H21N3O. The van der Waals surface area contributed by atoms with E-state index in [1.807, 2.05) is 24.4 Å². The van der Waals surface area contributed by atoms with Gasteiger partial charge in [0.15, 0.2) is 0 Å². The van der Waals surface area contributed by atoms with Gasteiger partial charge in [0, 0.05) is 24.6 Å². The molecule has 0 saturated heterocycles. The standard InChI is InChI=1S/C15H21N3O/c1-12(2)14-6-3-4-7-15(14)16-10-13(19)11-18-9-5-8-17-18/h3-9,12-13,16,19H,10-11H2,1-2H3. The van der Waals surface area contributed by atoms with Crippen LogP contribution in [0.5, 0.6) is 0 Å². The van der Waals surface area contributed by atoms with Crippen LogP contribution in [0, 0.1) is 0 Å². The van der Waals surface area contributed by atoms with Crippen molar-refractivity contribution in [3.05, 3.63) is 48.3 Å². The van der Waals surface area contributed by atoms with E-state index in [1.165, 1.54) is 5.56 Å². The predicted molar refractivity (Wildman–Crippen MR) is 77.3 cm³/mol. The lowest BCUT2D eigenvalue weighted by molar-refractivity contribution is 0.161. The Morgan fingerprint density at radius 2 is 2.05 bits per heavy atom. The van der Waals surface area contributed by atoms with Crippen LogP contribution in [-0.4, -0.2) is 27.5 Å². The molecule has 0 spiro atoms. The number of aliphatic hydroxyl groups excluding tert-OH is 1. The zero-order chi connectivity index (χ0) is 13.7. The zero-order valence-electron chi connectivity index (χ0n) is 11.5. The highest BCUT2D eigenvalue weighted by Gasteiger charge is 2.08. The Kier molecular flexibility index (Phi) is 4.58. The van der Waals surface area contributed by atoms with Crippen LogP contribution < -0.4 is 5.32 Å². The molecule has 0 aliphatic heterocycles. The Balaban J connectivity index is 1.91. The minimum atomic E-state index is -0.458. The number of para-hydroxylation sites is 1. The summed E-state index contributed by atoms with van der Waals surface area (Å²) < 4.78 is 1.74. The Bertz CT molecular complexity index is 494. The van der Waals surface area contributed by atoms with E-state index < -0.39 is 6.10 Å². The van der Waals surface area contributed by atoms with Gasteiger partial charge in [0.25, 0.3) is 0 Å². The maximum atomic E-state index is 9.99. The van der Waals surface area contributed by atoms with E-state index in [1.54, 1.807) is 10.9 Å². The molecule has 0 amide bonds. The fourth-order valence-electron chi connectivity index (χ4n) is 2.08. The Morgan fingerprint density at radius 3 is 2.74 bits per heavy atom. The molecule has 0 aliphatic rings. The van der Waals surface area contributed by atoms with Gasteiger partial charge in [0.05, 0.1) is 12.6 Å². The van der Waals surface area contributed by atoms with Crippen molar-refractivity contribution in [2.75, 3.05) is 11.9 Å². The summed E-state index contributed by atoms with van der Waals surface area (Å²) in [4.78, 5) is 0. The van der Waals surface area contributed by atoms with Crippen LogP contribution >= 0.6 is 0 Å². The molecular weight excluding hydrogens is 238 g/mol. The van der Waals surface area contributed by atoms with Crippen LogP contribution in [0.15, 0.2) is 42.7 Å². The van der Waals surface area contributed by atoms with Gasteiger partial charge < -0.3 is 10.4 Å². The second-order valence-corrected chi connectivity index (χ2v) is 5.00. The number of rotatable bonds is 6. The van der Waals surface area contributed by atoms with Crippen molar-refractivity contribution >= 4 is 5.69 Å². The molecule has 1 heterocycles. The number of aliphatic hydroxyl groups is 1. The average molecular weight is 259 g/mol. The van der Waals surface area contributed by atoms with Crippen LogP contribution in [0.4, 0.5) is 5.69 Å². The molecule has 0 aliphatic carbocycles. The van der Waals surface area contributed by atoms with Crippen molar-refractivity contribution in [2.24, 2.45) is 0 Å². The molecule has 1 aromatic heterocycles. The molecule has 19 heavy (non-hydrogen) atoms. The molecule has 4 heteroatoms. The summed E-state index contributed by atoms with van der Waals surface area (Å²) in [5.41, 5.74) is 2.37. The molecule has 1 unspecified atom stereocenters. The summed E-state index contributed by atoms with van der Waals surface area (Å²) in [6, 6.07) is 10.1. The van der Waals surface area contributed by atoms with Crippen LogP contribution in [0.3, 0.4) is 0 Å². The monoisotopic (exact) mass is 259 g/mol. The summed E-state index contributed by atoms with van der Waals surface area (Å²) in [7, 11) is 0. The van der Waals surface area contributed by atoms with Crippen molar-refractivity contribution < 1.29 is 5.11 Å². The van der Waals surface area contributed by atoms with Gasteiger partial charge >= 0.3 is 0 Å². The fourth-order valence-corrected chi connectivity index (χ4v) is 2.08. The lowest BCUT2D eigenvalue weighted by Gasteiger charge is -2.17. The molecule has 2 rings (SSSR count). The van der Waals surface area contributed by atoms with Crippen molar-refractivity contribution in [3.8, 4) is 0 Å². The molecule has 0 fully saturated rings. The summed E-state index contributed by atoms with van der Waals surface area (Å²) in [6.45, 7) is 5.36. The topological polar surface area (TPSA) is 50.1 Å². The molecule has 1 aromatic carbocycles. The minimum Gasteiger partial charge on any atom is -0.389 e. The third-order valence-corrected chi connectivity index (χ3v) is 3.07. The summed E-state index contributed by atoms with van der Waals surface area (Å²) >= 11 is 0. The van der Waals surface area contributed by atoms with Crippen LogP contribution in [-0.2, 0) is 6.54 Å². The second-order valence-electron chi connectivity index (χ2n) is 5.00. The third kappa shape index (κ3) is 3.83. The summed E-state index contributed by atoms with van der Waals surface area (Å²) in [6.07, 6.45) is 3.11. The van der Waals surface area contributed by atoms with Gasteiger partial charge in [-0.15, -0.1) is 0 Å². The molecule has 0 radical (unpaired) electrons. The Morgan fingerprint density at radius 1 is 1.26 bits per heavy atom. The van der Waals surface area contributed by atoms with Crippen LogP contribution in [0.1, 0.15) is 25.3 Å². The van der Waals surface area contributed by atoms with Crippen molar-refractivity contribution in [3.63, 3.8) is 0 Å². The molecule has 2 N–H and O–H groups in total. The highest BCUT2D eigenvalue weighted by molar-refractivity contribution is 5.52. The van der Waals surface area contributed by atoms with E-state index in [0.29, 0.717) is 19.0 Å². The van der Waals surface area contributed by atoms with Crippen molar-refractivity contribution in [1.29, 1.82) is 0 Å². The molecule has 1 atom stereocenters. The SMILES string of the molecule is CC(C)c1ccccc1NCC(O)Cn1cccn1. The Hall–Kier alpha value is -1.81. The van der Waals surface area contributed by atoms with E-state index >= 15 is 0 Å². The van der Waals surface area contributed by atoms with E-state index in [0.717, 1.165) is 5.69 Å². The first-order valence-corrected chi connectivity index (χ1v) is 6.65. The van der Waals surface area contributed by atoms with E-state index in [2.05, 4.69) is 36.4 Å². The van der Waals surface area contributed by atoms with Gasteiger partial charge in [-0.25, -0.2) is 0 Å². The van der Waals surface area contributed by atoms with Crippen LogP contribution in [0.2, 0.25) is 0 Å². The van der Waals surface area contributed by atoms with Gasteiger partial charge in [-0.05, 0) is 23.6 Å². The van der Waals surface area contributed by atoms with E-state index in [-0.39, 0.29) is 0 Å². The Labute approximate surface area is 114 Å². The molecule has 4 nitrogen and oxygen atoms in total. The first kappa shape index (κ1) is 13.6. The number of nitrogens with one attached hydrogen (secondary N) is 1. The third-order valence-electron chi connectivity index (χ3n) is 3.07. The van der Waals surface area contributed by atoms with Crippen molar-refractivity contribution in [2.45, 2.75) is 32.4 Å². The predicted octanol–water partition coefficient (Wildman–Crippen LogP) is 2.48. The summed E-state index contributed by atoms with van der Waals surface area (Å²) in [5.74, 6) is 0.465. The number of anilines is 1. The van der Waals surface area contributed by atoms with E-state index in [4.69, 9.17) is 0 Å². The zero-order valence-corrected chi connectivity index (χ0v) is 11.5. The minimum absolute atomic E-state index is 0.458. The molecule has 0 saturated carbocycles. The number of aromatic nitrogens is 2. The quantitative estimate of drug-likeness (QED) is 0.838. The normalized spacial score (nSPS) is 12.6. The maximum absolute atomic E-state index is 9.99. The highest BCUT2D eigenvalue weighted by atomic mass is 16.3. The van der Waals surface area contributed by atoms with E-state index in [9.17, 15) is 5.11 Å². The number of benzene rings is 1. The first-order valence-electron chi connectivity index (χ1n) is 6.65. The molecule has 2 aromatic rings. The van der Waals surface area contributed by atoms with Gasteiger partial charge in [0.1, 0.15) is 0 Å². The maximum Gasteiger partial charge on any atom is 0.0907 e. The lowest BCUT2D eigenvalue weighted by atomic mass is 10.0. The number of nitrogens with zero attached hydrogens (tertiary/aromatic N) is 2. The molecule has 0 bridgehead atoms. The second kappa shape index (κ2) is 6.38.